The van der Waals surface area contributed by atoms with Gasteiger partial charge in [-0.25, -0.2) is 4.79 Å². The Morgan fingerprint density at radius 1 is 0.556 bits per heavy atom. The Morgan fingerprint density at radius 2 is 1.00 bits per heavy atom. The Hall–Kier alpha value is -3.81. The number of rotatable bonds is 14. The van der Waals surface area contributed by atoms with Crippen molar-refractivity contribution in [3.05, 3.63) is 211 Å². The van der Waals surface area contributed by atoms with E-state index in [1.54, 1.807) is 67.3 Å². The van der Waals surface area contributed by atoms with E-state index in [9.17, 15) is 19.8 Å². The first kappa shape index (κ1) is 53.5. The van der Waals surface area contributed by atoms with Crippen molar-refractivity contribution < 1.29 is 122 Å². The van der Waals surface area contributed by atoms with Crippen LogP contribution in [0.15, 0.2) is 155 Å². The molecule has 0 amide bonds. The standard InChI is InChI=1S/C46H38N6O5.C2H6.2CH3.2K/c53-41-19-17-37-43(35-15-1-2-16-36(35)46(55)56)38-18-20-42(54)40(30-52(27-33-13-5-9-23-49-33)28-34-14-6-10-24-50-34)45(38)57-44(37)39(41)29-51(25-31-11-3-7-21-47-31)26-32-12-4-8-22-48-32;1-2;;;;/h1-24,53H,25-30H2,(H,55,56);1-2H3;2*1H3;;/q;;2*-1;2*+1. The minimum absolute atomic E-state index is 0. The van der Waals surface area contributed by atoms with Gasteiger partial charge in [-0.05, 0) is 84.4 Å². The number of hydrogen-bond acceptors (Lipinski definition) is 10. The van der Waals surface area contributed by atoms with Crippen molar-refractivity contribution in [2.45, 2.75) is 53.1 Å². The summed E-state index contributed by atoms with van der Waals surface area (Å²) >= 11 is 0. The van der Waals surface area contributed by atoms with Crippen molar-refractivity contribution in [1.29, 1.82) is 0 Å². The van der Waals surface area contributed by atoms with E-state index < -0.39 is 5.97 Å². The number of hydrogen-bond donors (Lipinski definition) is 2. The van der Waals surface area contributed by atoms with Gasteiger partial charge in [0, 0.05) is 80.6 Å². The Morgan fingerprint density at radius 3 is 1.44 bits per heavy atom. The number of aromatic nitrogens is 4. The minimum atomic E-state index is -1.10. The van der Waals surface area contributed by atoms with Crippen LogP contribution in [0, 0.1) is 14.9 Å². The number of phenols is 1. The van der Waals surface area contributed by atoms with Gasteiger partial charge in [0.15, 0.2) is 5.43 Å². The van der Waals surface area contributed by atoms with E-state index in [-0.39, 0.29) is 147 Å². The van der Waals surface area contributed by atoms with E-state index in [0.29, 0.717) is 70.7 Å². The molecule has 0 saturated carbocycles. The molecule has 0 saturated heterocycles. The van der Waals surface area contributed by atoms with Gasteiger partial charge in [0.1, 0.15) is 17.1 Å². The van der Waals surface area contributed by atoms with Gasteiger partial charge in [-0.15, -0.1) is 0 Å². The fourth-order valence-corrected chi connectivity index (χ4v) is 7.25. The van der Waals surface area contributed by atoms with E-state index in [4.69, 9.17) is 4.42 Å². The van der Waals surface area contributed by atoms with Gasteiger partial charge < -0.3 is 29.5 Å². The zero-order chi connectivity index (χ0) is 41.1. The quantitative estimate of drug-likeness (QED) is 0.0933. The van der Waals surface area contributed by atoms with Crippen molar-refractivity contribution in [2.75, 3.05) is 0 Å². The van der Waals surface area contributed by atoms with E-state index >= 15 is 0 Å². The molecule has 1 aliphatic heterocycles. The van der Waals surface area contributed by atoms with Crippen molar-refractivity contribution in [3.63, 3.8) is 0 Å². The molecule has 6 aromatic rings. The zero-order valence-electron chi connectivity index (χ0n) is 36.9. The monoisotopic (exact) mass is 892 g/mol. The number of carboxylic acid groups (broad SMARTS) is 1. The molecule has 2 aromatic carbocycles. The van der Waals surface area contributed by atoms with E-state index in [1.165, 1.54) is 6.07 Å². The van der Waals surface area contributed by atoms with Crippen LogP contribution >= 0.6 is 0 Å². The van der Waals surface area contributed by atoms with Gasteiger partial charge in [0.25, 0.3) is 0 Å². The maximum Gasteiger partial charge on any atom is 1.00 e. The van der Waals surface area contributed by atoms with E-state index in [0.717, 1.165) is 22.8 Å². The first-order valence-corrected chi connectivity index (χ1v) is 19.5. The van der Waals surface area contributed by atoms with Gasteiger partial charge >= 0.3 is 109 Å². The molecular weight excluding hydrogens is 843 g/mol. The summed E-state index contributed by atoms with van der Waals surface area (Å²) in [4.78, 5) is 49.3. The molecule has 1 aliphatic carbocycles. The Kier molecular flexibility index (Phi) is 22.3. The van der Waals surface area contributed by atoms with Gasteiger partial charge in [0.2, 0.25) is 0 Å². The Bertz CT molecular complexity index is 2590. The van der Waals surface area contributed by atoms with Crippen LogP contribution in [-0.2, 0) is 39.3 Å². The molecule has 2 N–H and O–H groups in total. The van der Waals surface area contributed by atoms with Crippen LogP contribution in [0.25, 0.3) is 33.4 Å². The molecule has 0 fully saturated rings. The molecule has 0 atom stereocenters. The second kappa shape index (κ2) is 26.2. The number of pyridine rings is 4. The molecule has 5 heterocycles. The smallest absolute Gasteiger partial charge is 0.507 e. The third-order valence-electron chi connectivity index (χ3n) is 9.83. The van der Waals surface area contributed by atoms with Crippen molar-refractivity contribution in [2.24, 2.45) is 0 Å². The number of aromatic carboxylic acids is 1. The SMILES string of the molecule is CC.O=C(O)c1ccccc1-c1c2ccc(=O)c(CN(Cc3ccccn3)Cc3ccccn3)c-2oc2c(CN(Cc3ccccn3)Cc3ccccn3)c(O)ccc12.[CH3-].[CH3-].[K+].[K+]. The zero-order valence-corrected chi connectivity index (χ0v) is 43.1. The number of benzene rings is 3. The van der Waals surface area contributed by atoms with E-state index in [2.05, 4.69) is 29.7 Å². The third kappa shape index (κ3) is 13.4. The number of carboxylic acids is 1. The molecular formula is C50H50K2N6O5. The second-order valence-corrected chi connectivity index (χ2v) is 13.8. The van der Waals surface area contributed by atoms with Crippen LogP contribution in [0.5, 0.6) is 5.75 Å². The fourth-order valence-electron chi connectivity index (χ4n) is 7.25. The first-order chi connectivity index (χ1) is 28.9. The maximum atomic E-state index is 14.1. The van der Waals surface area contributed by atoms with Crippen molar-refractivity contribution >= 4 is 16.9 Å². The summed E-state index contributed by atoms with van der Waals surface area (Å²) in [6.45, 7) is 6.07. The number of aromatic hydroxyl groups is 1. The number of fused-ring (bicyclic) bond motifs is 2. The van der Waals surface area contributed by atoms with Gasteiger partial charge in [-0.2, -0.15) is 0 Å². The number of nitrogens with zero attached hydrogens (tertiary/aromatic N) is 6. The third-order valence-corrected chi connectivity index (χ3v) is 9.83. The number of phenolic OH excluding ortho intramolecular Hbond substituents is 1. The predicted molar refractivity (Wildman–Crippen MR) is 240 cm³/mol. The predicted octanol–water partition coefficient (Wildman–Crippen LogP) is 3.89. The molecule has 0 bridgehead atoms. The molecule has 8 rings (SSSR count). The molecule has 312 valence electrons. The maximum absolute atomic E-state index is 14.1. The number of carbonyl (C=O) groups is 1. The van der Waals surface area contributed by atoms with Crippen LogP contribution in [-0.4, -0.2) is 45.9 Å². The fraction of sp³-hybridized carbons (Fsp3) is 0.160. The van der Waals surface area contributed by atoms with Gasteiger partial charge in [-0.1, -0.05) is 56.3 Å². The van der Waals surface area contributed by atoms with Gasteiger partial charge in [-0.3, -0.25) is 34.5 Å². The Labute approximate surface area is 454 Å². The molecule has 0 radical (unpaired) electrons. The summed E-state index contributed by atoms with van der Waals surface area (Å²) < 4.78 is 6.91. The molecule has 13 heteroatoms. The van der Waals surface area contributed by atoms with Crippen LogP contribution in [0.2, 0.25) is 0 Å². The summed E-state index contributed by atoms with van der Waals surface area (Å²) in [5, 5.41) is 22.7. The average molecular weight is 893 g/mol. The largest absolute Gasteiger partial charge is 1.00 e. The van der Waals surface area contributed by atoms with Crippen LogP contribution in [0.1, 0.15) is 58.1 Å². The molecule has 2 aliphatic rings. The molecule has 63 heavy (non-hydrogen) atoms. The summed E-state index contributed by atoms with van der Waals surface area (Å²) in [6, 6.07) is 36.2. The molecule has 0 unspecified atom stereocenters. The van der Waals surface area contributed by atoms with Crippen molar-refractivity contribution in [3.8, 4) is 28.2 Å². The van der Waals surface area contributed by atoms with Gasteiger partial charge in [0.05, 0.1) is 39.5 Å². The second-order valence-electron chi connectivity index (χ2n) is 13.8. The average Bonchev–Trinajstić information content (AvgIpc) is 3.27. The van der Waals surface area contributed by atoms with Crippen LogP contribution in [0.3, 0.4) is 0 Å². The topological polar surface area (TPSA) is 146 Å². The van der Waals surface area contributed by atoms with Crippen molar-refractivity contribution in [1.82, 2.24) is 29.7 Å². The minimum Gasteiger partial charge on any atom is -0.507 e. The van der Waals surface area contributed by atoms with Crippen LogP contribution in [0.4, 0.5) is 0 Å². The molecule has 4 aromatic heterocycles. The normalized spacial score (nSPS) is 10.5. The summed E-state index contributed by atoms with van der Waals surface area (Å²) in [5.74, 6) is -0.812. The van der Waals surface area contributed by atoms with E-state index in [1.807, 2.05) is 86.6 Å². The summed E-state index contributed by atoms with van der Waals surface area (Å²) in [6.07, 6.45) is 6.95. The molecule has 11 nitrogen and oxygen atoms in total. The molecule has 0 spiro atoms. The summed E-state index contributed by atoms with van der Waals surface area (Å²) in [7, 11) is 0. The first-order valence-electron chi connectivity index (χ1n) is 19.5. The summed E-state index contributed by atoms with van der Waals surface area (Å²) in [5.41, 5.74) is 5.89. The van der Waals surface area contributed by atoms with Crippen LogP contribution < -0.4 is 108 Å². The Balaban J connectivity index is 0.00000174.